The van der Waals surface area contributed by atoms with E-state index >= 15 is 0 Å². The number of pyridine rings is 1. The third kappa shape index (κ3) is 1.21. The lowest BCUT2D eigenvalue weighted by atomic mass is 10.2. The molecule has 0 spiro atoms. The Morgan fingerprint density at radius 3 is 3.15 bits per heavy atom. The van der Waals surface area contributed by atoms with E-state index in [0.717, 1.165) is 5.52 Å². The topological polar surface area (TPSA) is 60.4 Å². The van der Waals surface area contributed by atoms with E-state index in [2.05, 4.69) is 27.2 Å². The van der Waals surface area contributed by atoms with Crippen molar-refractivity contribution in [1.29, 1.82) is 0 Å². The Kier molecular flexibility index (Phi) is 1.81. The van der Waals surface area contributed by atoms with Crippen LogP contribution in [0.4, 0.5) is 0 Å². The third-order valence-corrected chi connectivity index (χ3v) is 2.56. The summed E-state index contributed by atoms with van der Waals surface area (Å²) in [5.41, 5.74) is 6.39. The largest absolute Gasteiger partial charge is 0.366 e. The number of hydrogen-bond acceptors (Lipinski definition) is 2. The first kappa shape index (κ1) is 8.25. The fraction of sp³-hybridized carbons (Fsp3) is 0. The van der Waals surface area contributed by atoms with Gasteiger partial charge in [-0.3, -0.25) is 4.79 Å². The van der Waals surface area contributed by atoms with E-state index in [-0.39, 0.29) is 0 Å². The highest BCUT2D eigenvalue weighted by Gasteiger charge is 2.09. The summed E-state index contributed by atoms with van der Waals surface area (Å²) in [5, 5.41) is 3.89. The predicted molar refractivity (Wildman–Crippen MR) is 50.2 cm³/mol. The monoisotopic (exact) mass is 238 g/mol. The van der Waals surface area contributed by atoms with Gasteiger partial charge in [-0.1, -0.05) is 0 Å². The van der Waals surface area contributed by atoms with Gasteiger partial charge < -0.3 is 5.73 Å². The Balaban J connectivity index is 2.80. The van der Waals surface area contributed by atoms with Crippen LogP contribution in [-0.2, 0) is 0 Å². The lowest BCUT2D eigenvalue weighted by Crippen LogP contribution is -2.12. The minimum absolute atomic E-state index is 0.446. The molecule has 0 aromatic carbocycles. The van der Waals surface area contributed by atoms with Crippen LogP contribution < -0.4 is 5.73 Å². The van der Waals surface area contributed by atoms with Gasteiger partial charge in [0.05, 0.1) is 15.6 Å². The molecule has 2 aromatic rings. The van der Waals surface area contributed by atoms with E-state index < -0.39 is 5.91 Å². The maximum Gasteiger partial charge on any atom is 0.249 e. The minimum atomic E-state index is -0.462. The molecule has 2 rings (SSSR count). The molecule has 2 N–H and O–H groups in total. The molecule has 2 heterocycles. The molecule has 0 aliphatic heterocycles. The van der Waals surface area contributed by atoms with Crippen molar-refractivity contribution in [3.8, 4) is 0 Å². The Bertz CT molecular complexity index is 477. The molecular formula is C8H5BrN3O. The summed E-state index contributed by atoms with van der Waals surface area (Å²) in [4.78, 5) is 10.9. The molecule has 1 radical (unpaired) electrons. The smallest absolute Gasteiger partial charge is 0.249 e. The van der Waals surface area contributed by atoms with Crippen LogP contribution in [0.5, 0.6) is 0 Å². The summed E-state index contributed by atoms with van der Waals surface area (Å²) >= 11 is 3.28. The van der Waals surface area contributed by atoms with Crippen molar-refractivity contribution in [2.45, 2.75) is 0 Å². The predicted octanol–water partition coefficient (Wildman–Crippen LogP) is 0.996. The molecule has 0 atom stereocenters. The van der Waals surface area contributed by atoms with Crippen molar-refractivity contribution in [1.82, 2.24) is 9.61 Å². The van der Waals surface area contributed by atoms with Gasteiger partial charge in [0.25, 0.3) is 0 Å². The average molecular weight is 239 g/mol. The Labute approximate surface area is 82.5 Å². The van der Waals surface area contributed by atoms with Gasteiger partial charge in [0, 0.05) is 6.20 Å². The molecule has 1 amide bonds. The van der Waals surface area contributed by atoms with Crippen LogP contribution in [0.2, 0.25) is 0 Å². The molecule has 0 bridgehead atoms. The van der Waals surface area contributed by atoms with E-state index in [1.807, 2.05) is 0 Å². The first-order valence-electron chi connectivity index (χ1n) is 3.54. The second kappa shape index (κ2) is 2.85. The molecule has 0 unspecified atom stereocenters. The van der Waals surface area contributed by atoms with E-state index in [9.17, 15) is 4.79 Å². The molecule has 0 fully saturated rings. The molecule has 2 aromatic heterocycles. The Morgan fingerprint density at radius 1 is 1.69 bits per heavy atom. The van der Waals surface area contributed by atoms with Crippen LogP contribution in [0.15, 0.2) is 22.8 Å². The van der Waals surface area contributed by atoms with Crippen LogP contribution in [-0.4, -0.2) is 15.5 Å². The van der Waals surface area contributed by atoms with Gasteiger partial charge in [-0.15, -0.1) is 0 Å². The highest BCUT2D eigenvalue weighted by Crippen LogP contribution is 2.21. The number of nitrogens with zero attached hydrogens (tertiary/aromatic N) is 2. The number of halogens is 1. The first-order valence-corrected chi connectivity index (χ1v) is 4.33. The zero-order valence-electron chi connectivity index (χ0n) is 6.49. The van der Waals surface area contributed by atoms with Crippen LogP contribution in [0.3, 0.4) is 0 Å². The fourth-order valence-electron chi connectivity index (χ4n) is 1.10. The van der Waals surface area contributed by atoms with E-state index in [0.29, 0.717) is 10.0 Å². The summed E-state index contributed by atoms with van der Waals surface area (Å²) in [7, 11) is 0. The zero-order chi connectivity index (χ0) is 9.42. The molecule has 0 saturated heterocycles. The highest BCUT2D eigenvalue weighted by molar-refractivity contribution is 9.10. The van der Waals surface area contributed by atoms with Crippen LogP contribution in [0.1, 0.15) is 10.4 Å². The number of nitrogens with two attached hydrogens (primary N) is 1. The van der Waals surface area contributed by atoms with E-state index in [1.54, 1.807) is 22.8 Å². The van der Waals surface area contributed by atoms with Gasteiger partial charge in [-0.2, -0.15) is 5.10 Å². The molecule has 0 aliphatic carbocycles. The molecule has 0 saturated carbocycles. The summed E-state index contributed by atoms with van der Waals surface area (Å²) < 4.78 is 2.26. The summed E-state index contributed by atoms with van der Waals surface area (Å²) in [5.74, 6) is -0.462. The number of aromatic nitrogens is 2. The maximum absolute atomic E-state index is 10.9. The van der Waals surface area contributed by atoms with Gasteiger partial charge in [-0.05, 0) is 28.1 Å². The Morgan fingerprint density at radius 2 is 2.46 bits per heavy atom. The Hall–Kier alpha value is -1.36. The zero-order valence-corrected chi connectivity index (χ0v) is 8.08. The molecular weight excluding hydrogens is 234 g/mol. The quantitative estimate of drug-likeness (QED) is 0.806. The van der Waals surface area contributed by atoms with E-state index in [4.69, 9.17) is 5.73 Å². The lowest BCUT2D eigenvalue weighted by molar-refractivity contribution is 0.0999. The van der Waals surface area contributed by atoms with Crippen molar-refractivity contribution in [2.75, 3.05) is 0 Å². The number of primary amides is 1. The van der Waals surface area contributed by atoms with Crippen molar-refractivity contribution < 1.29 is 4.79 Å². The van der Waals surface area contributed by atoms with Crippen molar-refractivity contribution in [3.05, 3.63) is 34.6 Å². The van der Waals surface area contributed by atoms with Crippen molar-refractivity contribution in [3.63, 3.8) is 0 Å². The van der Waals surface area contributed by atoms with Gasteiger partial charge >= 0.3 is 0 Å². The second-order valence-corrected chi connectivity index (χ2v) is 3.30. The van der Waals surface area contributed by atoms with E-state index in [1.165, 1.54) is 0 Å². The van der Waals surface area contributed by atoms with Crippen LogP contribution >= 0.6 is 15.9 Å². The normalized spacial score (nSPS) is 10.5. The van der Waals surface area contributed by atoms with Gasteiger partial charge in [0.2, 0.25) is 5.91 Å². The average Bonchev–Trinajstić information content (AvgIpc) is 2.52. The molecule has 0 aliphatic rings. The molecule has 13 heavy (non-hydrogen) atoms. The molecule has 5 heteroatoms. The number of carbonyl (C=O) groups excluding carboxylic acids is 1. The third-order valence-electron chi connectivity index (χ3n) is 1.72. The SMILES string of the molecule is NC(=O)c1ccn2n[c]cc2c1Br. The summed E-state index contributed by atoms with van der Waals surface area (Å²) in [6.07, 6.45) is 4.34. The van der Waals surface area contributed by atoms with Gasteiger partial charge in [0.1, 0.15) is 6.20 Å². The number of fused-ring (bicyclic) bond motifs is 1. The maximum atomic E-state index is 10.9. The molecule has 4 nitrogen and oxygen atoms in total. The summed E-state index contributed by atoms with van der Waals surface area (Å²) in [6, 6.07) is 3.29. The van der Waals surface area contributed by atoms with Crippen LogP contribution in [0, 0.1) is 6.20 Å². The summed E-state index contributed by atoms with van der Waals surface area (Å²) in [6.45, 7) is 0. The first-order chi connectivity index (χ1) is 6.20. The van der Waals surface area contributed by atoms with Crippen LogP contribution in [0.25, 0.3) is 5.52 Å². The number of hydrogen-bond donors (Lipinski definition) is 1. The lowest BCUT2D eigenvalue weighted by Gasteiger charge is -2.01. The minimum Gasteiger partial charge on any atom is -0.366 e. The van der Waals surface area contributed by atoms with Gasteiger partial charge in [0.15, 0.2) is 0 Å². The number of rotatable bonds is 1. The van der Waals surface area contributed by atoms with Gasteiger partial charge in [-0.25, -0.2) is 4.52 Å². The van der Waals surface area contributed by atoms with Crippen molar-refractivity contribution >= 4 is 27.4 Å². The number of carbonyl (C=O) groups is 1. The van der Waals surface area contributed by atoms with Crippen molar-refractivity contribution in [2.24, 2.45) is 5.73 Å². The fourth-order valence-corrected chi connectivity index (χ4v) is 1.72. The standard InChI is InChI=1S/C8H5BrN3O/c9-7-5(8(10)13)2-4-12-6(7)1-3-11-12/h1-2,4H,(H2,10,13). The second-order valence-electron chi connectivity index (χ2n) is 2.51. The molecule has 65 valence electrons. The number of amides is 1. The highest BCUT2D eigenvalue weighted by atomic mass is 79.9.